The van der Waals surface area contributed by atoms with Crippen molar-refractivity contribution in [2.45, 2.75) is 18.8 Å². The van der Waals surface area contributed by atoms with E-state index in [1.165, 1.54) is 12.8 Å². The summed E-state index contributed by atoms with van der Waals surface area (Å²) in [6, 6.07) is 1.76. The van der Waals surface area contributed by atoms with Crippen LogP contribution in [0.5, 0.6) is 0 Å². The number of hydrogen-bond acceptors (Lipinski definition) is 2. The van der Waals surface area contributed by atoms with E-state index in [0.717, 1.165) is 5.69 Å². The van der Waals surface area contributed by atoms with Crippen LogP contribution >= 0.6 is 27.5 Å². The van der Waals surface area contributed by atoms with Gasteiger partial charge in [0.15, 0.2) is 0 Å². The lowest BCUT2D eigenvalue weighted by Gasteiger charge is -2.03. The van der Waals surface area contributed by atoms with Gasteiger partial charge in [0.25, 0.3) is 0 Å². The molecule has 0 aromatic carbocycles. The number of hydrogen-bond donors (Lipinski definition) is 1. The van der Waals surface area contributed by atoms with Gasteiger partial charge in [-0.2, -0.15) is 0 Å². The van der Waals surface area contributed by atoms with Crippen molar-refractivity contribution in [3.8, 4) is 0 Å². The van der Waals surface area contributed by atoms with Crippen LogP contribution < -0.4 is 5.73 Å². The number of halogens is 2. The van der Waals surface area contributed by atoms with E-state index in [1.54, 1.807) is 6.07 Å². The molecular weight excluding hydrogens is 239 g/mol. The van der Waals surface area contributed by atoms with Crippen molar-refractivity contribution in [3.63, 3.8) is 0 Å². The number of nitrogens with zero attached hydrogens (tertiary/aromatic N) is 1. The normalized spacial score (nSPS) is 16.5. The zero-order valence-corrected chi connectivity index (χ0v) is 8.69. The minimum Gasteiger partial charge on any atom is -0.396 e. The molecular formula is C8H8BrClN2. The number of rotatable bonds is 1. The monoisotopic (exact) mass is 246 g/mol. The Morgan fingerprint density at radius 1 is 1.58 bits per heavy atom. The van der Waals surface area contributed by atoms with Gasteiger partial charge in [-0.1, -0.05) is 11.6 Å². The molecule has 0 spiro atoms. The lowest BCUT2D eigenvalue weighted by atomic mass is 10.2. The molecule has 1 aliphatic carbocycles. The van der Waals surface area contributed by atoms with Crippen molar-refractivity contribution in [2.75, 3.05) is 5.73 Å². The van der Waals surface area contributed by atoms with Gasteiger partial charge in [-0.3, -0.25) is 0 Å². The standard InChI is InChI=1S/C8H8BrClN2/c9-8-6(11)3-5(10)7(12-8)4-1-2-4/h3-4H,1-2,11H2. The molecule has 2 rings (SSSR count). The van der Waals surface area contributed by atoms with Crippen molar-refractivity contribution in [1.82, 2.24) is 4.98 Å². The maximum Gasteiger partial charge on any atom is 0.129 e. The molecule has 0 aliphatic heterocycles. The van der Waals surface area contributed by atoms with Crippen LogP contribution in [0.15, 0.2) is 10.7 Å². The molecule has 4 heteroatoms. The highest BCUT2D eigenvalue weighted by atomic mass is 79.9. The fourth-order valence-electron chi connectivity index (χ4n) is 1.14. The summed E-state index contributed by atoms with van der Waals surface area (Å²) in [5, 5.41) is 0.693. The van der Waals surface area contributed by atoms with Crippen molar-refractivity contribution >= 4 is 33.2 Å². The molecule has 1 aromatic rings. The summed E-state index contributed by atoms with van der Waals surface area (Å²) >= 11 is 9.25. The first-order valence-electron chi connectivity index (χ1n) is 3.80. The summed E-state index contributed by atoms with van der Waals surface area (Å²) in [5.74, 6) is 0.564. The number of nitrogen functional groups attached to an aromatic ring is 1. The molecule has 0 atom stereocenters. The maximum atomic E-state index is 5.97. The number of anilines is 1. The van der Waals surface area contributed by atoms with E-state index in [1.807, 2.05) is 0 Å². The lowest BCUT2D eigenvalue weighted by molar-refractivity contribution is 1.01. The third-order valence-electron chi connectivity index (χ3n) is 1.95. The van der Waals surface area contributed by atoms with Crippen LogP contribution in [0.25, 0.3) is 0 Å². The van der Waals surface area contributed by atoms with E-state index in [0.29, 0.717) is 21.2 Å². The van der Waals surface area contributed by atoms with E-state index in [2.05, 4.69) is 20.9 Å². The fraction of sp³-hybridized carbons (Fsp3) is 0.375. The van der Waals surface area contributed by atoms with Crippen LogP contribution in [0.1, 0.15) is 24.5 Å². The van der Waals surface area contributed by atoms with Gasteiger partial charge < -0.3 is 5.73 Å². The minimum atomic E-state index is 0.564. The second kappa shape index (κ2) is 2.89. The molecule has 0 bridgehead atoms. The highest BCUT2D eigenvalue weighted by Crippen LogP contribution is 2.43. The van der Waals surface area contributed by atoms with E-state index in [4.69, 9.17) is 17.3 Å². The molecule has 1 aromatic heterocycles. The molecule has 12 heavy (non-hydrogen) atoms. The van der Waals surface area contributed by atoms with Gasteiger partial charge >= 0.3 is 0 Å². The van der Waals surface area contributed by atoms with Gasteiger partial charge in [0.2, 0.25) is 0 Å². The lowest BCUT2D eigenvalue weighted by Crippen LogP contribution is -1.94. The Labute approximate surface area is 84.3 Å². The molecule has 1 heterocycles. The van der Waals surface area contributed by atoms with Gasteiger partial charge in [0.05, 0.1) is 16.4 Å². The van der Waals surface area contributed by atoms with Gasteiger partial charge in [-0.05, 0) is 34.8 Å². The molecule has 0 amide bonds. The predicted octanol–water partition coefficient (Wildman–Crippen LogP) is 2.96. The van der Waals surface area contributed by atoms with Crippen LogP contribution in [0, 0.1) is 0 Å². The molecule has 2 nitrogen and oxygen atoms in total. The summed E-state index contributed by atoms with van der Waals surface area (Å²) in [6.45, 7) is 0. The fourth-order valence-corrected chi connectivity index (χ4v) is 1.76. The van der Waals surface area contributed by atoms with E-state index >= 15 is 0 Å². The van der Waals surface area contributed by atoms with Crippen LogP contribution in [0.2, 0.25) is 5.02 Å². The zero-order chi connectivity index (χ0) is 8.72. The molecule has 1 fully saturated rings. The Morgan fingerprint density at radius 2 is 2.25 bits per heavy atom. The van der Waals surface area contributed by atoms with E-state index in [-0.39, 0.29) is 0 Å². The van der Waals surface area contributed by atoms with Crippen LogP contribution in [0.3, 0.4) is 0 Å². The second-order valence-electron chi connectivity index (χ2n) is 3.01. The van der Waals surface area contributed by atoms with Crippen LogP contribution in [0.4, 0.5) is 5.69 Å². The minimum absolute atomic E-state index is 0.564. The third kappa shape index (κ3) is 1.43. The van der Waals surface area contributed by atoms with Gasteiger partial charge in [0, 0.05) is 5.92 Å². The highest BCUT2D eigenvalue weighted by molar-refractivity contribution is 9.10. The average molecular weight is 248 g/mol. The van der Waals surface area contributed by atoms with Gasteiger partial charge in [0.1, 0.15) is 4.60 Å². The molecule has 0 saturated heterocycles. The second-order valence-corrected chi connectivity index (χ2v) is 4.17. The summed E-state index contributed by atoms with van der Waals surface area (Å²) in [7, 11) is 0. The Bertz CT molecular complexity index is 323. The van der Waals surface area contributed by atoms with Gasteiger partial charge in [-0.15, -0.1) is 0 Å². The van der Waals surface area contributed by atoms with Crippen molar-refractivity contribution in [2.24, 2.45) is 0 Å². The molecule has 0 unspecified atom stereocenters. The third-order valence-corrected chi connectivity index (χ3v) is 2.89. The number of nitrogens with two attached hydrogens (primary N) is 1. The summed E-state index contributed by atoms with van der Waals surface area (Å²) in [6.07, 6.45) is 2.39. The Kier molecular flexibility index (Phi) is 2.00. The summed E-state index contributed by atoms with van der Waals surface area (Å²) < 4.78 is 0.703. The van der Waals surface area contributed by atoms with Crippen LogP contribution in [-0.2, 0) is 0 Å². The Morgan fingerprint density at radius 3 is 2.83 bits per heavy atom. The largest absolute Gasteiger partial charge is 0.396 e. The van der Waals surface area contributed by atoms with Crippen molar-refractivity contribution < 1.29 is 0 Å². The summed E-state index contributed by atoms with van der Waals surface area (Å²) in [5.41, 5.74) is 7.20. The Balaban J connectivity index is 2.47. The Hall–Kier alpha value is -0.280. The molecule has 1 aliphatic rings. The van der Waals surface area contributed by atoms with Crippen molar-refractivity contribution in [1.29, 1.82) is 0 Å². The highest BCUT2D eigenvalue weighted by Gasteiger charge is 2.27. The van der Waals surface area contributed by atoms with E-state index < -0.39 is 0 Å². The quantitative estimate of drug-likeness (QED) is 0.775. The summed E-state index contributed by atoms with van der Waals surface area (Å²) in [4.78, 5) is 4.29. The zero-order valence-electron chi connectivity index (χ0n) is 6.35. The first-order valence-corrected chi connectivity index (χ1v) is 4.97. The molecule has 0 radical (unpaired) electrons. The molecule has 1 saturated carbocycles. The molecule has 64 valence electrons. The number of pyridine rings is 1. The van der Waals surface area contributed by atoms with E-state index in [9.17, 15) is 0 Å². The molecule has 2 N–H and O–H groups in total. The SMILES string of the molecule is Nc1cc(Cl)c(C2CC2)nc1Br. The average Bonchev–Trinajstić information content (AvgIpc) is 2.79. The topological polar surface area (TPSA) is 38.9 Å². The van der Waals surface area contributed by atoms with Gasteiger partial charge in [-0.25, -0.2) is 4.98 Å². The van der Waals surface area contributed by atoms with Crippen molar-refractivity contribution in [3.05, 3.63) is 21.4 Å². The van der Waals surface area contributed by atoms with Crippen LogP contribution in [-0.4, -0.2) is 4.98 Å². The first-order chi connectivity index (χ1) is 5.68. The first kappa shape index (κ1) is 8.32. The smallest absolute Gasteiger partial charge is 0.129 e. The predicted molar refractivity (Wildman–Crippen MR) is 53.3 cm³/mol. The number of aromatic nitrogens is 1. The maximum absolute atomic E-state index is 5.97.